The minimum Gasteiger partial charge on any atom is -0.299 e. The molecule has 1 unspecified atom stereocenters. The second kappa shape index (κ2) is 3.46. The average molecular weight is 207 g/mol. The van der Waals surface area contributed by atoms with E-state index in [1.54, 1.807) is 31.2 Å². The van der Waals surface area contributed by atoms with Crippen LogP contribution in [-0.2, 0) is 4.79 Å². The molecule has 1 heterocycles. The number of hydrogen-bond acceptors (Lipinski definition) is 2. The van der Waals surface area contributed by atoms with Gasteiger partial charge in [-0.25, -0.2) is 4.39 Å². The number of carbonyl (C=O) groups is 2. The first kappa shape index (κ1) is 9.83. The number of carbonyl (C=O) groups excluding carboxylic acids is 2. The standard InChI is InChI=1S/C11H10FNO2/c1-7(6-12)13-9-5-3-2-4-8(9)10(14)11(13)15/h2-5,7H,6H2,1H3. The largest absolute Gasteiger partial charge is 0.299 e. The van der Waals surface area contributed by atoms with E-state index in [-0.39, 0.29) is 0 Å². The molecule has 0 N–H and O–H groups in total. The summed E-state index contributed by atoms with van der Waals surface area (Å²) in [7, 11) is 0. The number of nitrogens with zero attached hydrogens (tertiary/aromatic N) is 1. The van der Waals surface area contributed by atoms with Gasteiger partial charge >= 0.3 is 0 Å². The molecular weight excluding hydrogens is 197 g/mol. The highest BCUT2D eigenvalue weighted by molar-refractivity contribution is 6.52. The minimum absolute atomic E-state index is 0.364. The molecule has 1 atom stereocenters. The van der Waals surface area contributed by atoms with Gasteiger partial charge in [-0.2, -0.15) is 0 Å². The molecule has 3 nitrogen and oxygen atoms in total. The van der Waals surface area contributed by atoms with Crippen LogP contribution in [0.25, 0.3) is 0 Å². The van der Waals surface area contributed by atoms with Gasteiger partial charge in [0.1, 0.15) is 6.67 Å². The van der Waals surface area contributed by atoms with Crippen LogP contribution in [0.4, 0.5) is 10.1 Å². The first-order valence-corrected chi connectivity index (χ1v) is 4.69. The Hall–Kier alpha value is -1.71. The molecule has 0 saturated carbocycles. The number of alkyl halides is 1. The van der Waals surface area contributed by atoms with Crippen LogP contribution in [0.5, 0.6) is 0 Å². The number of amides is 1. The fraction of sp³-hybridized carbons (Fsp3) is 0.273. The lowest BCUT2D eigenvalue weighted by Gasteiger charge is -2.21. The Kier molecular flexibility index (Phi) is 2.26. The van der Waals surface area contributed by atoms with Crippen molar-refractivity contribution in [3.05, 3.63) is 29.8 Å². The number of para-hydroxylation sites is 1. The molecular formula is C11H10FNO2. The zero-order chi connectivity index (χ0) is 11.0. The monoisotopic (exact) mass is 207 g/mol. The summed E-state index contributed by atoms with van der Waals surface area (Å²) >= 11 is 0. The first-order valence-electron chi connectivity index (χ1n) is 4.69. The summed E-state index contributed by atoms with van der Waals surface area (Å²) in [5.41, 5.74) is 0.875. The maximum absolute atomic E-state index is 12.5. The zero-order valence-corrected chi connectivity index (χ0v) is 8.24. The van der Waals surface area contributed by atoms with Gasteiger partial charge in [0.2, 0.25) is 0 Å². The predicted octanol–water partition coefficient (Wildman–Crippen LogP) is 1.57. The lowest BCUT2D eigenvalue weighted by Crippen LogP contribution is -2.38. The van der Waals surface area contributed by atoms with Crippen LogP contribution in [-0.4, -0.2) is 24.4 Å². The number of fused-ring (bicyclic) bond motifs is 1. The summed E-state index contributed by atoms with van der Waals surface area (Å²) in [6.07, 6.45) is 0. The average Bonchev–Trinajstić information content (AvgIpc) is 2.52. The highest BCUT2D eigenvalue weighted by Crippen LogP contribution is 2.30. The fourth-order valence-corrected chi connectivity index (χ4v) is 1.72. The number of hydrogen-bond donors (Lipinski definition) is 0. The summed E-state index contributed by atoms with van der Waals surface area (Å²) in [6, 6.07) is 6.06. The molecule has 0 fully saturated rings. The van der Waals surface area contributed by atoms with Crippen molar-refractivity contribution in [1.29, 1.82) is 0 Å². The number of ketones is 1. The van der Waals surface area contributed by atoms with Gasteiger partial charge in [0.05, 0.1) is 17.3 Å². The van der Waals surface area contributed by atoms with Crippen molar-refractivity contribution < 1.29 is 14.0 Å². The van der Waals surface area contributed by atoms with E-state index < -0.39 is 24.4 Å². The van der Waals surface area contributed by atoms with Gasteiger partial charge in [0.15, 0.2) is 0 Å². The Morgan fingerprint density at radius 3 is 2.67 bits per heavy atom. The Balaban J connectivity index is 2.51. The van der Waals surface area contributed by atoms with Crippen molar-refractivity contribution in [1.82, 2.24) is 0 Å². The molecule has 4 heteroatoms. The zero-order valence-electron chi connectivity index (χ0n) is 8.24. The number of rotatable bonds is 2. The Labute approximate surface area is 86.5 Å². The smallest absolute Gasteiger partial charge is 0.299 e. The third-order valence-electron chi connectivity index (χ3n) is 2.49. The molecule has 78 valence electrons. The van der Waals surface area contributed by atoms with Crippen molar-refractivity contribution in [2.24, 2.45) is 0 Å². The summed E-state index contributed by atoms with van der Waals surface area (Å²) < 4.78 is 12.5. The topological polar surface area (TPSA) is 37.4 Å². The van der Waals surface area contributed by atoms with E-state index in [1.807, 2.05) is 0 Å². The molecule has 0 aliphatic carbocycles. The van der Waals surface area contributed by atoms with Crippen LogP contribution in [0.15, 0.2) is 24.3 Å². The van der Waals surface area contributed by atoms with E-state index in [0.717, 1.165) is 0 Å². The van der Waals surface area contributed by atoms with Gasteiger partial charge in [0, 0.05) is 0 Å². The van der Waals surface area contributed by atoms with E-state index in [4.69, 9.17) is 0 Å². The van der Waals surface area contributed by atoms with Gasteiger partial charge < -0.3 is 0 Å². The van der Waals surface area contributed by atoms with E-state index >= 15 is 0 Å². The molecule has 0 saturated heterocycles. The molecule has 15 heavy (non-hydrogen) atoms. The maximum atomic E-state index is 12.5. The summed E-state index contributed by atoms with van der Waals surface area (Å²) in [5.74, 6) is -1.19. The Morgan fingerprint density at radius 1 is 1.33 bits per heavy atom. The van der Waals surface area contributed by atoms with Gasteiger partial charge in [-0.3, -0.25) is 14.5 Å². The lowest BCUT2D eigenvalue weighted by molar-refractivity contribution is -0.114. The normalized spacial score (nSPS) is 16.8. The number of anilines is 1. The molecule has 0 spiro atoms. The van der Waals surface area contributed by atoms with Crippen molar-refractivity contribution in [2.75, 3.05) is 11.6 Å². The van der Waals surface area contributed by atoms with Gasteiger partial charge in [0.25, 0.3) is 11.7 Å². The van der Waals surface area contributed by atoms with E-state index in [9.17, 15) is 14.0 Å². The SMILES string of the molecule is CC(CF)N1C(=O)C(=O)c2ccccc21. The Bertz CT molecular complexity index is 430. The lowest BCUT2D eigenvalue weighted by atomic mass is 10.1. The molecule has 0 bridgehead atoms. The molecule has 1 aliphatic rings. The van der Waals surface area contributed by atoms with Crippen LogP contribution in [0.2, 0.25) is 0 Å². The molecule has 1 amide bonds. The number of benzene rings is 1. The molecule has 1 aromatic carbocycles. The second-order valence-electron chi connectivity index (χ2n) is 3.52. The highest BCUT2D eigenvalue weighted by atomic mass is 19.1. The molecule has 2 rings (SSSR count). The first-order chi connectivity index (χ1) is 7.16. The summed E-state index contributed by atoms with van der Waals surface area (Å²) in [5, 5.41) is 0. The molecule has 0 aromatic heterocycles. The van der Waals surface area contributed by atoms with E-state index in [1.165, 1.54) is 4.90 Å². The summed E-state index contributed by atoms with van der Waals surface area (Å²) in [4.78, 5) is 24.3. The van der Waals surface area contributed by atoms with Crippen LogP contribution < -0.4 is 4.90 Å². The van der Waals surface area contributed by atoms with E-state index in [2.05, 4.69) is 0 Å². The third kappa shape index (κ3) is 1.33. The van der Waals surface area contributed by atoms with Crippen molar-refractivity contribution in [3.8, 4) is 0 Å². The fourth-order valence-electron chi connectivity index (χ4n) is 1.72. The van der Waals surface area contributed by atoms with E-state index in [0.29, 0.717) is 11.3 Å². The Morgan fingerprint density at radius 2 is 2.00 bits per heavy atom. The van der Waals surface area contributed by atoms with Crippen LogP contribution in [0, 0.1) is 0 Å². The molecule has 0 radical (unpaired) electrons. The predicted molar refractivity (Wildman–Crippen MR) is 53.7 cm³/mol. The maximum Gasteiger partial charge on any atom is 0.299 e. The van der Waals surface area contributed by atoms with Crippen LogP contribution in [0.1, 0.15) is 17.3 Å². The van der Waals surface area contributed by atoms with Crippen molar-refractivity contribution in [3.63, 3.8) is 0 Å². The van der Waals surface area contributed by atoms with Crippen molar-refractivity contribution >= 4 is 17.4 Å². The molecule has 1 aromatic rings. The number of Topliss-reactive ketones (excluding diaryl/α,β-unsaturated/α-hetero) is 1. The second-order valence-corrected chi connectivity index (χ2v) is 3.52. The van der Waals surface area contributed by atoms with Crippen LogP contribution in [0.3, 0.4) is 0 Å². The quantitative estimate of drug-likeness (QED) is 0.690. The third-order valence-corrected chi connectivity index (χ3v) is 2.49. The van der Waals surface area contributed by atoms with Gasteiger partial charge in [-0.05, 0) is 19.1 Å². The van der Waals surface area contributed by atoms with Gasteiger partial charge in [-0.15, -0.1) is 0 Å². The van der Waals surface area contributed by atoms with Crippen molar-refractivity contribution in [2.45, 2.75) is 13.0 Å². The summed E-state index contributed by atoms with van der Waals surface area (Å²) in [6.45, 7) is 0.917. The molecule has 1 aliphatic heterocycles. The van der Waals surface area contributed by atoms with Gasteiger partial charge in [-0.1, -0.05) is 12.1 Å². The minimum atomic E-state index is -0.659. The highest BCUT2D eigenvalue weighted by Gasteiger charge is 2.37. The van der Waals surface area contributed by atoms with Crippen LogP contribution >= 0.6 is 0 Å². The number of halogens is 1.